The Bertz CT molecular complexity index is 268. The van der Waals surface area contributed by atoms with Gasteiger partial charge in [-0.15, -0.1) is 0 Å². The molecular formula is C13H23NO3. The third-order valence-corrected chi connectivity index (χ3v) is 3.94. The fourth-order valence-electron chi connectivity index (χ4n) is 2.54. The van der Waals surface area contributed by atoms with Crippen LogP contribution in [0.15, 0.2) is 0 Å². The maximum absolute atomic E-state index is 11.8. The number of carbonyl (C=O) groups is 1. The molecule has 2 saturated heterocycles. The molecular weight excluding hydrogens is 218 g/mol. The molecule has 2 fully saturated rings. The van der Waals surface area contributed by atoms with Crippen molar-refractivity contribution in [3.05, 3.63) is 0 Å². The minimum Gasteiger partial charge on any atom is -0.386 e. The molecule has 1 atom stereocenters. The number of hydrogen-bond acceptors (Lipinski definition) is 3. The van der Waals surface area contributed by atoms with Gasteiger partial charge in [-0.05, 0) is 32.1 Å². The van der Waals surface area contributed by atoms with Gasteiger partial charge >= 0.3 is 0 Å². The Morgan fingerprint density at radius 2 is 2.24 bits per heavy atom. The standard InChI is InChI=1S/C13H23NO3/c1-2-13(16)9-14(10-13)12(15)7-6-11-5-3-4-8-17-11/h11,16H,2-10H2,1H3. The van der Waals surface area contributed by atoms with Gasteiger partial charge in [0.05, 0.1) is 24.8 Å². The van der Waals surface area contributed by atoms with Crippen molar-refractivity contribution >= 4 is 5.91 Å². The summed E-state index contributed by atoms with van der Waals surface area (Å²) in [5, 5.41) is 9.84. The molecule has 0 aromatic heterocycles. The predicted octanol–water partition coefficient (Wildman–Crippen LogP) is 1.32. The number of ether oxygens (including phenoxy) is 1. The lowest BCUT2D eigenvalue weighted by Crippen LogP contribution is -2.63. The van der Waals surface area contributed by atoms with Crippen LogP contribution in [0.1, 0.15) is 45.4 Å². The van der Waals surface area contributed by atoms with Gasteiger partial charge in [0, 0.05) is 13.0 Å². The van der Waals surface area contributed by atoms with Gasteiger partial charge in [0.1, 0.15) is 0 Å². The molecule has 2 heterocycles. The number of amides is 1. The van der Waals surface area contributed by atoms with Crippen LogP contribution in [0.3, 0.4) is 0 Å². The van der Waals surface area contributed by atoms with E-state index in [1.807, 2.05) is 6.92 Å². The SMILES string of the molecule is CCC1(O)CN(C(=O)CCC2CCCCO2)C1. The van der Waals surface area contributed by atoms with Crippen molar-refractivity contribution in [2.75, 3.05) is 19.7 Å². The van der Waals surface area contributed by atoms with Gasteiger partial charge in [-0.25, -0.2) is 0 Å². The first-order valence-electron chi connectivity index (χ1n) is 6.75. The molecule has 0 spiro atoms. The zero-order valence-electron chi connectivity index (χ0n) is 10.7. The van der Waals surface area contributed by atoms with Crippen molar-refractivity contribution in [1.82, 2.24) is 4.90 Å². The molecule has 0 aromatic rings. The Morgan fingerprint density at radius 1 is 1.47 bits per heavy atom. The molecule has 0 aliphatic carbocycles. The normalized spacial score (nSPS) is 27.6. The molecule has 17 heavy (non-hydrogen) atoms. The number of likely N-dealkylation sites (tertiary alicyclic amines) is 1. The summed E-state index contributed by atoms with van der Waals surface area (Å²) in [5.41, 5.74) is -0.614. The quantitative estimate of drug-likeness (QED) is 0.807. The van der Waals surface area contributed by atoms with Crippen LogP contribution < -0.4 is 0 Å². The highest BCUT2D eigenvalue weighted by Crippen LogP contribution is 2.25. The van der Waals surface area contributed by atoms with Crippen LogP contribution in [0.2, 0.25) is 0 Å². The molecule has 2 aliphatic heterocycles. The first-order chi connectivity index (χ1) is 8.13. The summed E-state index contributed by atoms with van der Waals surface area (Å²) in [6.45, 7) is 3.82. The van der Waals surface area contributed by atoms with Crippen LogP contribution in [0.5, 0.6) is 0 Å². The van der Waals surface area contributed by atoms with Crippen molar-refractivity contribution in [2.45, 2.75) is 57.2 Å². The fraction of sp³-hybridized carbons (Fsp3) is 0.923. The lowest BCUT2D eigenvalue weighted by atomic mass is 9.91. The molecule has 0 aromatic carbocycles. The summed E-state index contributed by atoms with van der Waals surface area (Å²) in [6.07, 6.45) is 5.86. The Hall–Kier alpha value is -0.610. The van der Waals surface area contributed by atoms with Crippen LogP contribution in [0.4, 0.5) is 0 Å². The molecule has 1 N–H and O–H groups in total. The minimum absolute atomic E-state index is 0.164. The number of rotatable bonds is 4. The zero-order valence-corrected chi connectivity index (χ0v) is 10.7. The summed E-state index contributed by atoms with van der Waals surface area (Å²) >= 11 is 0. The molecule has 0 bridgehead atoms. The lowest BCUT2D eigenvalue weighted by Gasteiger charge is -2.46. The molecule has 4 heteroatoms. The Morgan fingerprint density at radius 3 is 2.82 bits per heavy atom. The zero-order chi connectivity index (χ0) is 12.3. The van der Waals surface area contributed by atoms with Crippen molar-refractivity contribution in [2.24, 2.45) is 0 Å². The molecule has 4 nitrogen and oxygen atoms in total. The van der Waals surface area contributed by atoms with Crippen molar-refractivity contribution in [3.8, 4) is 0 Å². The summed E-state index contributed by atoms with van der Waals surface area (Å²) < 4.78 is 5.60. The van der Waals surface area contributed by atoms with Gasteiger partial charge in [0.25, 0.3) is 0 Å². The topological polar surface area (TPSA) is 49.8 Å². The molecule has 2 aliphatic rings. The highest BCUT2D eigenvalue weighted by atomic mass is 16.5. The predicted molar refractivity (Wildman–Crippen MR) is 64.6 cm³/mol. The molecule has 2 rings (SSSR count). The van der Waals surface area contributed by atoms with Crippen LogP contribution >= 0.6 is 0 Å². The van der Waals surface area contributed by atoms with E-state index in [0.29, 0.717) is 19.5 Å². The van der Waals surface area contributed by atoms with Gasteiger partial charge in [-0.2, -0.15) is 0 Å². The van der Waals surface area contributed by atoms with E-state index in [1.165, 1.54) is 6.42 Å². The second kappa shape index (κ2) is 5.36. The summed E-state index contributed by atoms with van der Waals surface area (Å²) in [6, 6.07) is 0. The third kappa shape index (κ3) is 3.19. The van der Waals surface area contributed by atoms with Crippen LogP contribution in [-0.2, 0) is 9.53 Å². The van der Waals surface area contributed by atoms with E-state index in [9.17, 15) is 9.90 Å². The minimum atomic E-state index is -0.614. The molecule has 98 valence electrons. The number of carbonyl (C=O) groups excluding carboxylic acids is 1. The van der Waals surface area contributed by atoms with Crippen LogP contribution in [0, 0.1) is 0 Å². The fourth-order valence-corrected chi connectivity index (χ4v) is 2.54. The summed E-state index contributed by atoms with van der Waals surface area (Å²) in [7, 11) is 0. The van der Waals surface area contributed by atoms with E-state index >= 15 is 0 Å². The van der Waals surface area contributed by atoms with Crippen molar-refractivity contribution < 1.29 is 14.6 Å². The first kappa shape index (κ1) is 12.8. The molecule has 1 amide bonds. The molecule has 1 unspecified atom stereocenters. The van der Waals surface area contributed by atoms with Gasteiger partial charge in [-0.3, -0.25) is 4.79 Å². The van der Waals surface area contributed by atoms with Crippen molar-refractivity contribution in [1.29, 1.82) is 0 Å². The lowest BCUT2D eigenvalue weighted by molar-refractivity contribution is -0.156. The second-order valence-electron chi connectivity index (χ2n) is 5.35. The van der Waals surface area contributed by atoms with Crippen LogP contribution in [-0.4, -0.2) is 47.3 Å². The monoisotopic (exact) mass is 241 g/mol. The number of aliphatic hydroxyl groups is 1. The molecule has 0 saturated carbocycles. The van der Waals surface area contributed by atoms with E-state index < -0.39 is 5.60 Å². The largest absolute Gasteiger partial charge is 0.386 e. The van der Waals surface area contributed by atoms with E-state index in [2.05, 4.69) is 0 Å². The van der Waals surface area contributed by atoms with Gasteiger partial charge in [0.15, 0.2) is 0 Å². The van der Waals surface area contributed by atoms with Gasteiger partial charge in [-0.1, -0.05) is 6.92 Å². The van der Waals surface area contributed by atoms with E-state index in [1.54, 1.807) is 4.90 Å². The third-order valence-electron chi connectivity index (χ3n) is 3.94. The maximum atomic E-state index is 11.8. The highest BCUT2D eigenvalue weighted by molar-refractivity contribution is 5.77. The average Bonchev–Trinajstić information content (AvgIpc) is 2.33. The Kier molecular flexibility index (Phi) is 4.05. The maximum Gasteiger partial charge on any atom is 0.222 e. The average molecular weight is 241 g/mol. The van der Waals surface area contributed by atoms with Crippen molar-refractivity contribution in [3.63, 3.8) is 0 Å². The van der Waals surface area contributed by atoms with Crippen LogP contribution in [0.25, 0.3) is 0 Å². The van der Waals surface area contributed by atoms with Gasteiger partial charge < -0.3 is 14.7 Å². The van der Waals surface area contributed by atoms with E-state index in [4.69, 9.17) is 4.74 Å². The number of hydrogen-bond donors (Lipinski definition) is 1. The first-order valence-corrected chi connectivity index (χ1v) is 6.75. The number of nitrogens with zero attached hydrogens (tertiary/aromatic N) is 1. The smallest absolute Gasteiger partial charge is 0.222 e. The highest BCUT2D eigenvalue weighted by Gasteiger charge is 2.41. The Balaban J connectivity index is 1.65. The summed E-state index contributed by atoms with van der Waals surface area (Å²) in [5.74, 6) is 0.164. The second-order valence-corrected chi connectivity index (χ2v) is 5.35. The number of β-amino-alcohol motifs (C(OH)–C–C–N with tert-alkyl or cyclic N) is 1. The molecule has 0 radical (unpaired) electrons. The summed E-state index contributed by atoms with van der Waals surface area (Å²) in [4.78, 5) is 13.6. The van der Waals surface area contributed by atoms with E-state index in [-0.39, 0.29) is 12.0 Å². The Labute approximate surface area is 103 Å². The van der Waals surface area contributed by atoms with Gasteiger partial charge in [0.2, 0.25) is 5.91 Å². The van der Waals surface area contributed by atoms with E-state index in [0.717, 1.165) is 32.3 Å².